The third-order valence-corrected chi connectivity index (χ3v) is 4.52. The zero-order chi connectivity index (χ0) is 14.1. The van der Waals surface area contributed by atoms with Crippen LogP contribution < -0.4 is 10.9 Å². The number of hydrazine groups is 1. The molecule has 1 aromatic rings. The minimum absolute atomic E-state index is 0.0154. The molecule has 19 heavy (non-hydrogen) atoms. The van der Waals surface area contributed by atoms with E-state index in [0.717, 1.165) is 5.69 Å². The van der Waals surface area contributed by atoms with Crippen LogP contribution in [-0.4, -0.2) is 31.7 Å². The maximum atomic E-state index is 11.5. The van der Waals surface area contributed by atoms with Crippen LogP contribution in [0.4, 0.5) is 5.69 Å². The Kier molecular flexibility index (Phi) is 6.66. The highest BCUT2D eigenvalue weighted by Crippen LogP contribution is 2.03. The summed E-state index contributed by atoms with van der Waals surface area (Å²) in [5, 5.41) is 0. The maximum Gasteiger partial charge on any atom is 0.238 e. The zero-order valence-electron chi connectivity index (χ0n) is 10.4. The van der Waals surface area contributed by atoms with Crippen LogP contribution in [-0.2, 0) is 14.6 Å². The lowest BCUT2D eigenvalue weighted by molar-refractivity contribution is -0.120. The zero-order valence-corrected chi connectivity index (χ0v) is 12.0. The van der Waals surface area contributed by atoms with Crippen LogP contribution in [0.1, 0.15) is 12.8 Å². The van der Waals surface area contributed by atoms with E-state index >= 15 is 0 Å². The van der Waals surface area contributed by atoms with Gasteiger partial charge in [-0.3, -0.25) is 15.6 Å². The normalized spacial score (nSPS) is 11.0. The highest BCUT2D eigenvalue weighted by atomic mass is 35.5. The molecule has 7 heteroatoms. The largest absolute Gasteiger partial charge is 0.299 e. The second-order valence-electron chi connectivity index (χ2n) is 3.98. The molecule has 0 spiro atoms. The number of carbonyl (C=O) groups is 1. The lowest BCUT2D eigenvalue weighted by atomic mass is 10.3. The van der Waals surface area contributed by atoms with Gasteiger partial charge in [0, 0.05) is 12.3 Å². The van der Waals surface area contributed by atoms with Crippen molar-refractivity contribution in [3.8, 4) is 0 Å². The Morgan fingerprint density at radius 2 is 1.84 bits per heavy atom. The van der Waals surface area contributed by atoms with Gasteiger partial charge in [-0.15, -0.1) is 11.6 Å². The molecule has 0 aliphatic carbocycles. The van der Waals surface area contributed by atoms with Gasteiger partial charge in [-0.1, -0.05) is 18.2 Å². The first kappa shape index (κ1) is 15.8. The molecule has 106 valence electrons. The van der Waals surface area contributed by atoms with Crippen LogP contribution in [0.3, 0.4) is 0 Å². The number of alkyl halides is 1. The van der Waals surface area contributed by atoms with Crippen LogP contribution in [0.25, 0.3) is 0 Å². The topological polar surface area (TPSA) is 75.3 Å². The summed E-state index contributed by atoms with van der Waals surface area (Å²) in [6, 6.07) is 9.17. The minimum Gasteiger partial charge on any atom is -0.299 e. The van der Waals surface area contributed by atoms with Crippen molar-refractivity contribution in [2.45, 2.75) is 12.8 Å². The number of halogens is 1. The number of carbonyl (C=O) groups excluding carboxylic acids is 1. The van der Waals surface area contributed by atoms with E-state index < -0.39 is 9.84 Å². The number of sulfone groups is 1. The SMILES string of the molecule is O=C(CCCS(=O)(=O)CCCl)NNc1ccccc1. The first-order valence-corrected chi connectivity index (χ1v) is 8.25. The fourth-order valence-electron chi connectivity index (χ4n) is 1.40. The Morgan fingerprint density at radius 1 is 1.16 bits per heavy atom. The van der Waals surface area contributed by atoms with Crippen LogP contribution in [0.2, 0.25) is 0 Å². The maximum absolute atomic E-state index is 11.5. The Hall–Kier alpha value is -1.27. The molecule has 0 bridgehead atoms. The van der Waals surface area contributed by atoms with E-state index in [-0.39, 0.29) is 29.7 Å². The van der Waals surface area contributed by atoms with Gasteiger partial charge >= 0.3 is 0 Å². The number of amides is 1. The highest BCUT2D eigenvalue weighted by Gasteiger charge is 2.10. The fourth-order valence-corrected chi connectivity index (χ4v) is 3.13. The van der Waals surface area contributed by atoms with E-state index in [2.05, 4.69) is 10.9 Å². The number of rotatable bonds is 8. The second-order valence-corrected chi connectivity index (χ2v) is 6.67. The predicted molar refractivity (Wildman–Crippen MR) is 76.8 cm³/mol. The average molecular weight is 305 g/mol. The van der Waals surface area contributed by atoms with Crippen molar-refractivity contribution in [2.24, 2.45) is 0 Å². The molecule has 5 nitrogen and oxygen atoms in total. The summed E-state index contributed by atoms with van der Waals surface area (Å²) in [6.07, 6.45) is 0.447. The summed E-state index contributed by atoms with van der Waals surface area (Å²) in [5.41, 5.74) is 6.02. The molecule has 0 unspecified atom stereocenters. The molecule has 0 aliphatic heterocycles. The van der Waals surface area contributed by atoms with Gasteiger partial charge in [-0.05, 0) is 18.6 Å². The molecule has 0 heterocycles. The Balaban J connectivity index is 2.22. The molecule has 1 aromatic carbocycles. The molecule has 0 atom stereocenters. The van der Waals surface area contributed by atoms with Gasteiger partial charge in [0.05, 0.1) is 17.2 Å². The number of hydrogen-bond acceptors (Lipinski definition) is 4. The van der Waals surface area contributed by atoms with Gasteiger partial charge in [-0.25, -0.2) is 8.42 Å². The molecule has 0 aromatic heterocycles. The van der Waals surface area contributed by atoms with Gasteiger partial charge in [0.15, 0.2) is 9.84 Å². The molecule has 0 saturated carbocycles. The highest BCUT2D eigenvalue weighted by molar-refractivity contribution is 7.91. The number of hydrogen-bond donors (Lipinski definition) is 2. The van der Waals surface area contributed by atoms with Crippen LogP contribution in [0.15, 0.2) is 30.3 Å². The average Bonchev–Trinajstić information content (AvgIpc) is 2.37. The standard InChI is InChI=1S/C12H17ClN2O3S/c13-8-10-19(17,18)9-4-7-12(16)15-14-11-5-2-1-3-6-11/h1-3,5-6,14H,4,7-10H2,(H,15,16). The second kappa shape index (κ2) is 8.01. The minimum atomic E-state index is -3.13. The van der Waals surface area contributed by atoms with E-state index in [1.54, 1.807) is 0 Å². The van der Waals surface area contributed by atoms with Gasteiger partial charge in [0.2, 0.25) is 5.91 Å². The van der Waals surface area contributed by atoms with E-state index in [0.29, 0.717) is 6.42 Å². The lowest BCUT2D eigenvalue weighted by Crippen LogP contribution is -2.29. The van der Waals surface area contributed by atoms with Crippen LogP contribution in [0.5, 0.6) is 0 Å². The monoisotopic (exact) mass is 304 g/mol. The molecule has 0 radical (unpaired) electrons. The number of para-hydroxylation sites is 1. The summed E-state index contributed by atoms with van der Waals surface area (Å²) in [7, 11) is -3.13. The lowest BCUT2D eigenvalue weighted by Gasteiger charge is -2.08. The smallest absolute Gasteiger partial charge is 0.238 e. The van der Waals surface area contributed by atoms with E-state index in [4.69, 9.17) is 11.6 Å². The third-order valence-electron chi connectivity index (χ3n) is 2.37. The fraction of sp³-hybridized carbons (Fsp3) is 0.417. The third kappa shape index (κ3) is 7.03. The molecular weight excluding hydrogens is 288 g/mol. The molecule has 0 fully saturated rings. The van der Waals surface area contributed by atoms with Crippen molar-refractivity contribution in [3.63, 3.8) is 0 Å². The summed E-state index contributed by atoms with van der Waals surface area (Å²) >= 11 is 5.38. The molecular formula is C12H17ClN2O3S. The van der Waals surface area contributed by atoms with Crippen molar-refractivity contribution in [2.75, 3.05) is 22.8 Å². The first-order valence-electron chi connectivity index (χ1n) is 5.90. The van der Waals surface area contributed by atoms with Gasteiger partial charge in [0.25, 0.3) is 0 Å². The summed E-state index contributed by atoms with van der Waals surface area (Å²) < 4.78 is 22.7. The quantitative estimate of drug-likeness (QED) is 0.564. The van der Waals surface area contributed by atoms with Crippen molar-refractivity contribution < 1.29 is 13.2 Å². The Morgan fingerprint density at radius 3 is 2.47 bits per heavy atom. The molecule has 0 aliphatic rings. The van der Waals surface area contributed by atoms with Crippen molar-refractivity contribution >= 4 is 33.0 Å². The van der Waals surface area contributed by atoms with Crippen molar-refractivity contribution in [3.05, 3.63) is 30.3 Å². The van der Waals surface area contributed by atoms with Gasteiger partial charge < -0.3 is 0 Å². The van der Waals surface area contributed by atoms with Crippen LogP contribution >= 0.6 is 11.6 Å². The Labute approximate surface area is 118 Å². The first-order chi connectivity index (χ1) is 9.03. The summed E-state index contributed by atoms with van der Waals surface area (Å²) in [6.45, 7) is 0. The van der Waals surface area contributed by atoms with Crippen molar-refractivity contribution in [1.82, 2.24) is 5.43 Å². The molecule has 0 saturated heterocycles. The number of anilines is 1. The molecule has 1 rings (SSSR count). The Bertz CT molecular complexity index is 491. The number of nitrogens with one attached hydrogen (secondary N) is 2. The van der Waals surface area contributed by atoms with E-state index in [1.807, 2.05) is 30.3 Å². The summed E-state index contributed by atoms with van der Waals surface area (Å²) in [5.74, 6) is -0.217. The predicted octanol–water partition coefficient (Wildman–Crippen LogP) is 1.56. The van der Waals surface area contributed by atoms with Crippen LogP contribution in [0, 0.1) is 0 Å². The van der Waals surface area contributed by atoms with E-state index in [9.17, 15) is 13.2 Å². The van der Waals surface area contributed by atoms with Gasteiger partial charge in [0.1, 0.15) is 0 Å². The van der Waals surface area contributed by atoms with Crippen molar-refractivity contribution in [1.29, 1.82) is 0 Å². The molecule has 1 amide bonds. The molecule has 2 N–H and O–H groups in total. The summed E-state index contributed by atoms with van der Waals surface area (Å²) in [4.78, 5) is 11.5. The van der Waals surface area contributed by atoms with Gasteiger partial charge in [-0.2, -0.15) is 0 Å². The number of benzene rings is 1. The van der Waals surface area contributed by atoms with E-state index in [1.165, 1.54) is 0 Å².